The highest BCUT2D eigenvalue weighted by Crippen LogP contribution is 2.29. The molecule has 1 aliphatic carbocycles. The number of amides is 1. The second kappa shape index (κ2) is 7.88. The molecule has 0 spiro atoms. The van der Waals surface area contributed by atoms with E-state index in [1.54, 1.807) is 6.07 Å². The molecule has 4 rings (SSSR count). The van der Waals surface area contributed by atoms with Crippen LogP contribution in [0.3, 0.4) is 0 Å². The third-order valence-electron chi connectivity index (χ3n) is 4.19. The van der Waals surface area contributed by atoms with Crippen molar-refractivity contribution < 1.29 is 18.3 Å². The number of benzene rings is 1. The molecule has 0 bridgehead atoms. The number of hydrogen-bond donors (Lipinski definition) is 1. The molecule has 1 aromatic carbocycles. The Morgan fingerprint density at radius 1 is 1.38 bits per heavy atom. The summed E-state index contributed by atoms with van der Waals surface area (Å²) in [5, 5.41) is 23.5. The number of hydrogen-bond acceptors (Lipinski definition) is 9. The van der Waals surface area contributed by atoms with Crippen LogP contribution in [0.15, 0.2) is 37.2 Å². The van der Waals surface area contributed by atoms with Crippen molar-refractivity contribution >= 4 is 17.7 Å². The third-order valence-corrected chi connectivity index (χ3v) is 5.14. The Morgan fingerprint density at radius 2 is 2.21 bits per heavy atom. The summed E-state index contributed by atoms with van der Waals surface area (Å²) in [7, 11) is 0. The SMILES string of the molecule is N#Cc1cc(-n2c(-c3nonc3SCCNC(=O)C3CC3)noc2=O)ccc1F. The van der Waals surface area contributed by atoms with Crippen LogP contribution in [-0.2, 0) is 4.79 Å². The summed E-state index contributed by atoms with van der Waals surface area (Å²) in [6, 6.07) is 5.29. The van der Waals surface area contributed by atoms with E-state index in [4.69, 9.17) is 14.4 Å². The molecule has 1 N–H and O–H groups in total. The van der Waals surface area contributed by atoms with Crippen LogP contribution in [0.2, 0.25) is 0 Å². The van der Waals surface area contributed by atoms with E-state index >= 15 is 0 Å². The van der Waals surface area contributed by atoms with E-state index in [1.807, 2.05) is 0 Å². The minimum Gasteiger partial charge on any atom is -0.355 e. The number of nitriles is 1. The van der Waals surface area contributed by atoms with Gasteiger partial charge in [-0.25, -0.2) is 18.4 Å². The highest BCUT2D eigenvalue weighted by atomic mass is 32.2. The number of nitrogens with zero attached hydrogens (tertiary/aromatic N) is 5. The van der Waals surface area contributed by atoms with Gasteiger partial charge in [0, 0.05) is 18.2 Å². The van der Waals surface area contributed by atoms with Gasteiger partial charge in [0.25, 0.3) is 0 Å². The van der Waals surface area contributed by atoms with Gasteiger partial charge in [-0.2, -0.15) is 5.26 Å². The van der Waals surface area contributed by atoms with E-state index in [2.05, 4.69) is 20.8 Å². The Kier molecular flexibility index (Phi) is 5.13. The Balaban J connectivity index is 1.56. The van der Waals surface area contributed by atoms with E-state index < -0.39 is 11.6 Å². The number of carbonyl (C=O) groups is 1. The number of nitrogens with one attached hydrogen (secondary N) is 1. The predicted molar refractivity (Wildman–Crippen MR) is 96.5 cm³/mol. The van der Waals surface area contributed by atoms with Crippen LogP contribution in [0.1, 0.15) is 18.4 Å². The van der Waals surface area contributed by atoms with Crippen molar-refractivity contribution in [3.63, 3.8) is 0 Å². The van der Waals surface area contributed by atoms with Crippen LogP contribution >= 0.6 is 11.8 Å². The second-order valence-electron chi connectivity index (χ2n) is 6.22. The van der Waals surface area contributed by atoms with Gasteiger partial charge in [-0.05, 0) is 41.4 Å². The van der Waals surface area contributed by atoms with Gasteiger partial charge < -0.3 is 5.32 Å². The zero-order valence-electron chi connectivity index (χ0n) is 14.8. The first-order valence-electron chi connectivity index (χ1n) is 8.60. The maximum atomic E-state index is 13.6. The average Bonchev–Trinajstić information content (AvgIpc) is 3.36. The lowest BCUT2D eigenvalue weighted by molar-refractivity contribution is -0.122. The van der Waals surface area contributed by atoms with E-state index in [9.17, 15) is 14.0 Å². The zero-order valence-corrected chi connectivity index (χ0v) is 15.6. The zero-order chi connectivity index (χ0) is 20.4. The molecule has 1 saturated carbocycles. The minimum atomic E-state index is -0.842. The highest BCUT2D eigenvalue weighted by molar-refractivity contribution is 7.99. The summed E-state index contributed by atoms with van der Waals surface area (Å²) in [5.74, 6) is -0.893. The Bertz CT molecular complexity index is 1160. The van der Waals surface area contributed by atoms with Crippen LogP contribution < -0.4 is 11.1 Å². The van der Waals surface area contributed by atoms with Crippen LogP contribution in [0.5, 0.6) is 0 Å². The number of aromatic nitrogens is 4. The molecule has 1 amide bonds. The lowest BCUT2D eigenvalue weighted by atomic mass is 10.2. The molecule has 0 aliphatic heterocycles. The minimum absolute atomic E-state index is 0.00346. The molecule has 10 nitrogen and oxygen atoms in total. The van der Waals surface area contributed by atoms with Crippen molar-refractivity contribution in [3.8, 4) is 23.3 Å². The molecule has 12 heteroatoms. The van der Waals surface area contributed by atoms with Crippen molar-refractivity contribution in [1.82, 2.24) is 25.4 Å². The molecule has 0 saturated heterocycles. The van der Waals surface area contributed by atoms with E-state index in [-0.39, 0.29) is 34.6 Å². The van der Waals surface area contributed by atoms with Gasteiger partial charge >= 0.3 is 5.76 Å². The van der Waals surface area contributed by atoms with E-state index in [1.165, 1.54) is 23.9 Å². The summed E-state index contributed by atoms with van der Waals surface area (Å²) in [6.07, 6.45) is 1.85. The highest BCUT2D eigenvalue weighted by Gasteiger charge is 2.29. The molecule has 2 aromatic heterocycles. The Hall–Kier alpha value is -3.46. The number of rotatable bonds is 7. The van der Waals surface area contributed by atoms with Gasteiger partial charge in [-0.3, -0.25) is 9.32 Å². The summed E-state index contributed by atoms with van der Waals surface area (Å²) in [5.41, 5.74) is 0.0953. The fourth-order valence-corrected chi connectivity index (χ4v) is 3.34. The molecule has 29 heavy (non-hydrogen) atoms. The van der Waals surface area contributed by atoms with Crippen molar-refractivity contribution in [1.29, 1.82) is 5.26 Å². The van der Waals surface area contributed by atoms with Crippen molar-refractivity contribution in [2.75, 3.05) is 12.3 Å². The topological polar surface area (TPSA) is 140 Å². The molecule has 1 fully saturated rings. The fourth-order valence-electron chi connectivity index (χ4n) is 2.59. The van der Waals surface area contributed by atoms with Crippen LogP contribution in [-0.4, -0.2) is 38.2 Å². The standard InChI is InChI=1S/C17H13FN6O4S/c18-12-4-3-11(7-10(12)8-19)24-14(22-27-17(24)26)13-16(23-28-21-13)29-6-5-20-15(25)9-1-2-9/h3-4,7,9H,1-2,5-6H2,(H,20,25). The predicted octanol–water partition coefficient (Wildman–Crippen LogP) is 1.50. The lowest BCUT2D eigenvalue weighted by Crippen LogP contribution is -2.26. The van der Waals surface area contributed by atoms with E-state index in [0.717, 1.165) is 23.5 Å². The monoisotopic (exact) mass is 416 g/mol. The van der Waals surface area contributed by atoms with Crippen molar-refractivity contribution in [2.45, 2.75) is 17.9 Å². The summed E-state index contributed by atoms with van der Waals surface area (Å²) in [4.78, 5) is 23.8. The maximum Gasteiger partial charge on any atom is 0.446 e. The molecule has 1 aliphatic rings. The molecule has 0 unspecified atom stereocenters. The third kappa shape index (κ3) is 3.90. The van der Waals surface area contributed by atoms with Gasteiger partial charge in [0.2, 0.25) is 11.7 Å². The first-order chi connectivity index (χ1) is 14.1. The first-order valence-corrected chi connectivity index (χ1v) is 9.59. The van der Waals surface area contributed by atoms with Crippen molar-refractivity contribution in [3.05, 3.63) is 40.1 Å². The van der Waals surface area contributed by atoms with Crippen LogP contribution in [0, 0.1) is 23.1 Å². The largest absolute Gasteiger partial charge is 0.446 e. The second-order valence-corrected chi connectivity index (χ2v) is 7.30. The maximum absolute atomic E-state index is 13.6. The molecule has 0 radical (unpaired) electrons. The quantitative estimate of drug-likeness (QED) is 0.448. The van der Waals surface area contributed by atoms with Crippen molar-refractivity contribution in [2.24, 2.45) is 5.92 Å². The molecule has 0 atom stereocenters. The Morgan fingerprint density at radius 3 is 2.97 bits per heavy atom. The average molecular weight is 416 g/mol. The van der Waals surface area contributed by atoms with Crippen LogP contribution in [0.4, 0.5) is 4.39 Å². The van der Waals surface area contributed by atoms with E-state index in [0.29, 0.717) is 17.3 Å². The molecule has 2 heterocycles. The molecular weight excluding hydrogens is 403 g/mol. The molecule has 148 valence electrons. The number of halogens is 1. The molecule has 3 aromatic rings. The van der Waals surface area contributed by atoms with Gasteiger partial charge in [0.05, 0.1) is 11.3 Å². The number of carbonyl (C=O) groups excluding carboxylic acids is 1. The molecular formula is C17H13FN6O4S. The normalized spacial score (nSPS) is 13.2. The summed E-state index contributed by atoms with van der Waals surface area (Å²) < 4.78 is 24.2. The van der Waals surface area contributed by atoms with Gasteiger partial charge in [0.1, 0.15) is 11.9 Å². The fraction of sp³-hybridized carbons (Fsp3) is 0.294. The first kappa shape index (κ1) is 18.9. The van der Waals surface area contributed by atoms with Crippen LogP contribution in [0.25, 0.3) is 17.2 Å². The Labute approximate surface area is 166 Å². The lowest BCUT2D eigenvalue weighted by Gasteiger charge is -2.05. The number of thioether (sulfide) groups is 1. The van der Waals surface area contributed by atoms with Gasteiger partial charge in [0.15, 0.2) is 10.7 Å². The van der Waals surface area contributed by atoms with Gasteiger partial charge in [-0.15, -0.1) is 0 Å². The summed E-state index contributed by atoms with van der Waals surface area (Å²) >= 11 is 1.25. The summed E-state index contributed by atoms with van der Waals surface area (Å²) in [6.45, 7) is 0.432. The smallest absolute Gasteiger partial charge is 0.355 e. The van der Waals surface area contributed by atoms with Gasteiger partial charge in [-0.1, -0.05) is 16.9 Å².